The molecule has 0 aliphatic heterocycles. The van der Waals surface area contributed by atoms with Crippen LogP contribution in [-0.2, 0) is 22.9 Å². The lowest BCUT2D eigenvalue weighted by atomic mass is 9.72. The molecule has 1 aliphatic rings. The van der Waals surface area contributed by atoms with Crippen LogP contribution in [0.4, 0.5) is 17.3 Å². The molecule has 0 spiro atoms. The van der Waals surface area contributed by atoms with E-state index in [1.165, 1.54) is 34.7 Å². The molecule has 1 unspecified atom stereocenters. The van der Waals surface area contributed by atoms with Crippen LogP contribution in [0.25, 0.3) is 10.2 Å². The van der Waals surface area contributed by atoms with Gasteiger partial charge in [0.15, 0.2) is 11.0 Å². The van der Waals surface area contributed by atoms with Crippen LogP contribution in [0.15, 0.2) is 47.6 Å². The summed E-state index contributed by atoms with van der Waals surface area (Å²) in [6.45, 7) is 6.93. The van der Waals surface area contributed by atoms with Crippen molar-refractivity contribution >= 4 is 60.5 Å². The fraction of sp³-hybridized carbons (Fsp3) is 0.333. The fourth-order valence-electron chi connectivity index (χ4n) is 4.37. The van der Waals surface area contributed by atoms with Crippen molar-refractivity contribution in [2.45, 2.75) is 44.9 Å². The van der Waals surface area contributed by atoms with Gasteiger partial charge >= 0.3 is 0 Å². The Kier molecular flexibility index (Phi) is 6.14. The molecule has 1 aliphatic carbocycles. The summed E-state index contributed by atoms with van der Waals surface area (Å²) in [5.41, 5.74) is 2.34. The first kappa shape index (κ1) is 23.9. The minimum atomic E-state index is -3.82. The van der Waals surface area contributed by atoms with Gasteiger partial charge in [-0.25, -0.2) is 18.4 Å². The second-order valence-electron chi connectivity index (χ2n) is 9.71. The molecule has 0 radical (unpaired) electrons. The minimum Gasteiger partial charge on any atom is -0.340 e. The number of thiophene rings is 1. The predicted octanol–water partition coefficient (Wildman–Crippen LogP) is 5.83. The number of aromatic nitrogens is 4. The third-order valence-corrected chi connectivity index (χ3v) is 9.10. The molecule has 0 saturated heterocycles. The van der Waals surface area contributed by atoms with Gasteiger partial charge in [0, 0.05) is 10.6 Å². The van der Waals surface area contributed by atoms with Crippen molar-refractivity contribution in [3.05, 3.63) is 58.3 Å². The number of hydrogen-bond donors (Lipinski definition) is 2. The summed E-state index contributed by atoms with van der Waals surface area (Å²) in [5, 5.41) is 12.0. The van der Waals surface area contributed by atoms with Crippen LogP contribution in [0.1, 0.15) is 37.6 Å². The maximum absolute atomic E-state index is 12.7. The highest BCUT2D eigenvalue weighted by atomic mass is 35.5. The maximum Gasteiger partial charge on any atom is 0.263 e. The summed E-state index contributed by atoms with van der Waals surface area (Å²) in [7, 11) is -3.82. The molecule has 4 aromatic rings. The van der Waals surface area contributed by atoms with E-state index in [4.69, 9.17) is 11.6 Å². The summed E-state index contributed by atoms with van der Waals surface area (Å²) >= 11 is 7.46. The number of sulfonamides is 1. The molecular formula is C24H25ClN6O2S2. The minimum absolute atomic E-state index is 0.0934. The molecule has 3 heterocycles. The number of nitrogens with zero attached hydrogens (tertiary/aromatic N) is 4. The molecular weight excluding hydrogens is 504 g/mol. The smallest absolute Gasteiger partial charge is 0.263 e. The molecule has 3 aromatic heterocycles. The van der Waals surface area contributed by atoms with Gasteiger partial charge in [0.2, 0.25) is 0 Å². The third kappa shape index (κ3) is 4.96. The molecule has 0 bridgehead atoms. The standard InChI is InChI=1S/C24H25ClN6O2S2/c1-24(2,3)14-4-9-17-18(12-14)34-23-21(17)22(26-13-27-23)28-15-5-7-16(8-6-15)35(32,33)31-20-11-10-19(25)29-30-20/h5-8,10-11,13-14H,4,9,12H2,1-3H3,(H,30,31)(H,26,27,28). The van der Waals surface area contributed by atoms with Gasteiger partial charge in [-0.3, -0.25) is 4.72 Å². The Labute approximate surface area is 213 Å². The summed E-state index contributed by atoms with van der Waals surface area (Å²) in [6, 6.07) is 9.41. The quantitative estimate of drug-likeness (QED) is 0.335. The van der Waals surface area contributed by atoms with Crippen molar-refractivity contribution in [3.63, 3.8) is 0 Å². The van der Waals surface area contributed by atoms with Crippen molar-refractivity contribution in [1.82, 2.24) is 20.2 Å². The number of benzene rings is 1. The Morgan fingerprint density at radius 3 is 2.51 bits per heavy atom. The molecule has 11 heteroatoms. The van der Waals surface area contributed by atoms with Crippen molar-refractivity contribution in [2.24, 2.45) is 11.3 Å². The molecule has 8 nitrogen and oxygen atoms in total. The second-order valence-corrected chi connectivity index (χ2v) is 12.9. The first-order valence-corrected chi connectivity index (χ1v) is 13.9. The van der Waals surface area contributed by atoms with Crippen LogP contribution in [0.3, 0.4) is 0 Å². The fourth-order valence-corrected chi connectivity index (χ4v) is 6.73. The highest BCUT2D eigenvalue weighted by Crippen LogP contribution is 2.44. The number of nitrogens with one attached hydrogen (secondary N) is 2. The van der Waals surface area contributed by atoms with E-state index < -0.39 is 10.0 Å². The highest BCUT2D eigenvalue weighted by Gasteiger charge is 2.31. The molecule has 2 N–H and O–H groups in total. The molecule has 0 amide bonds. The molecule has 35 heavy (non-hydrogen) atoms. The summed E-state index contributed by atoms with van der Waals surface area (Å²) in [5.74, 6) is 1.48. The Morgan fingerprint density at radius 1 is 1.06 bits per heavy atom. The van der Waals surface area contributed by atoms with Crippen molar-refractivity contribution in [2.75, 3.05) is 10.0 Å². The first-order chi connectivity index (χ1) is 16.6. The number of hydrogen-bond acceptors (Lipinski definition) is 8. The van der Waals surface area contributed by atoms with Crippen LogP contribution in [0.5, 0.6) is 0 Å². The van der Waals surface area contributed by atoms with Crippen LogP contribution >= 0.6 is 22.9 Å². The number of aryl methyl sites for hydroxylation is 1. The Hall–Kier alpha value is -2.82. The van der Waals surface area contributed by atoms with Gasteiger partial charge in [0.05, 0.1) is 10.3 Å². The van der Waals surface area contributed by atoms with Gasteiger partial charge in [0.25, 0.3) is 10.0 Å². The van der Waals surface area contributed by atoms with Crippen LogP contribution in [-0.4, -0.2) is 28.6 Å². The summed E-state index contributed by atoms with van der Waals surface area (Å²) < 4.78 is 27.8. The van der Waals surface area contributed by atoms with Crippen molar-refractivity contribution in [3.8, 4) is 0 Å². The molecule has 182 valence electrons. The molecule has 1 atom stereocenters. The van der Waals surface area contributed by atoms with Crippen LogP contribution in [0, 0.1) is 11.3 Å². The van der Waals surface area contributed by atoms with Gasteiger partial charge in [0.1, 0.15) is 17.0 Å². The van der Waals surface area contributed by atoms with Gasteiger partial charge in [-0.2, -0.15) is 0 Å². The zero-order valence-electron chi connectivity index (χ0n) is 19.5. The number of halogens is 1. The summed E-state index contributed by atoms with van der Waals surface area (Å²) in [4.78, 5) is 11.5. The topological polar surface area (TPSA) is 110 Å². The Balaban J connectivity index is 1.38. The van der Waals surface area contributed by atoms with Crippen LogP contribution < -0.4 is 10.0 Å². The lowest BCUT2D eigenvalue weighted by Crippen LogP contribution is -2.26. The third-order valence-electron chi connectivity index (χ3n) is 6.37. The lowest BCUT2D eigenvalue weighted by Gasteiger charge is -2.33. The molecule has 0 fully saturated rings. The zero-order valence-corrected chi connectivity index (χ0v) is 21.9. The number of fused-ring (bicyclic) bond motifs is 3. The zero-order chi connectivity index (χ0) is 24.8. The van der Waals surface area contributed by atoms with Gasteiger partial charge in [-0.15, -0.1) is 21.5 Å². The Morgan fingerprint density at radius 2 is 1.83 bits per heavy atom. The van der Waals surface area contributed by atoms with Crippen LogP contribution in [0.2, 0.25) is 5.15 Å². The van der Waals surface area contributed by atoms with Gasteiger partial charge in [-0.05, 0) is 72.6 Å². The monoisotopic (exact) mass is 528 g/mol. The molecule has 5 rings (SSSR count). The largest absolute Gasteiger partial charge is 0.340 e. The van der Waals surface area contributed by atoms with E-state index in [1.54, 1.807) is 29.8 Å². The van der Waals surface area contributed by atoms with Gasteiger partial charge in [-0.1, -0.05) is 32.4 Å². The van der Waals surface area contributed by atoms with E-state index in [1.807, 2.05) is 0 Å². The SMILES string of the molecule is CC(C)(C)C1CCc2c(sc3ncnc(Nc4ccc(S(=O)(=O)Nc5ccc(Cl)nn5)cc4)c23)C1. The van der Waals surface area contributed by atoms with Crippen molar-refractivity contribution in [1.29, 1.82) is 0 Å². The average molecular weight is 529 g/mol. The van der Waals surface area contributed by atoms with E-state index in [0.717, 1.165) is 41.0 Å². The Bertz CT molecular complexity index is 1480. The van der Waals surface area contributed by atoms with Gasteiger partial charge < -0.3 is 5.32 Å². The van der Waals surface area contributed by atoms with E-state index in [2.05, 4.69) is 51.0 Å². The highest BCUT2D eigenvalue weighted by molar-refractivity contribution is 7.92. The second kappa shape index (κ2) is 9.00. The average Bonchev–Trinajstić information content (AvgIpc) is 3.19. The van der Waals surface area contributed by atoms with E-state index in [0.29, 0.717) is 5.92 Å². The number of rotatable bonds is 5. The normalized spacial score (nSPS) is 16.2. The van der Waals surface area contributed by atoms with E-state index >= 15 is 0 Å². The summed E-state index contributed by atoms with van der Waals surface area (Å²) in [6.07, 6.45) is 4.80. The molecule has 0 saturated carbocycles. The lowest BCUT2D eigenvalue weighted by molar-refractivity contribution is 0.218. The number of anilines is 3. The maximum atomic E-state index is 12.7. The molecule has 1 aromatic carbocycles. The van der Waals surface area contributed by atoms with E-state index in [-0.39, 0.29) is 21.3 Å². The van der Waals surface area contributed by atoms with E-state index in [9.17, 15) is 8.42 Å². The first-order valence-electron chi connectivity index (χ1n) is 11.2. The van der Waals surface area contributed by atoms with Crippen molar-refractivity contribution < 1.29 is 8.42 Å². The predicted molar refractivity (Wildman–Crippen MR) is 140 cm³/mol.